The quantitative estimate of drug-likeness (QED) is 0.389. The molecule has 0 aliphatic heterocycles. The van der Waals surface area contributed by atoms with Gasteiger partial charge in [0.2, 0.25) is 0 Å². The highest BCUT2D eigenvalue weighted by Gasteiger charge is 2.24. The van der Waals surface area contributed by atoms with Gasteiger partial charge >= 0.3 is 0 Å². The number of anilines is 1. The summed E-state index contributed by atoms with van der Waals surface area (Å²) in [4.78, 5) is 21.8. The second kappa shape index (κ2) is 10.3. The van der Waals surface area contributed by atoms with E-state index in [1.807, 2.05) is 33.2 Å². The highest BCUT2D eigenvalue weighted by Crippen LogP contribution is 2.34. The Balaban J connectivity index is 0.00000300. The Kier molecular flexibility index (Phi) is 8.59. The molecule has 0 saturated heterocycles. The van der Waals surface area contributed by atoms with Crippen LogP contribution in [0.3, 0.4) is 0 Å². The number of carbonyl (C=O) groups is 1. The second-order valence-corrected chi connectivity index (χ2v) is 9.09. The van der Waals surface area contributed by atoms with Gasteiger partial charge in [-0.3, -0.25) is 9.69 Å². The SMILES string of the molecule is Cc1cc(Cl)cc2sc(N(CCCN(C)C)C(=O)c3cc(Cl)ccc3Cl)nc12.Cl. The summed E-state index contributed by atoms with van der Waals surface area (Å²) in [6.45, 7) is 3.33. The van der Waals surface area contributed by atoms with E-state index in [1.165, 1.54) is 11.3 Å². The van der Waals surface area contributed by atoms with Crippen molar-refractivity contribution < 1.29 is 4.79 Å². The van der Waals surface area contributed by atoms with E-state index in [-0.39, 0.29) is 18.3 Å². The Morgan fingerprint density at radius 2 is 1.79 bits per heavy atom. The molecule has 0 aliphatic carbocycles. The third-order valence-electron chi connectivity index (χ3n) is 4.26. The molecule has 0 atom stereocenters. The van der Waals surface area contributed by atoms with Crippen molar-refractivity contribution in [2.45, 2.75) is 13.3 Å². The maximum atomic E-state index is 13.3. The molecule has 0 bridgehead atoms. The summed E-state index contributed by atoms with van der Waals surface area (Å²) in [7, 11) is 4.01. The van der Waals surface area contributed by atoms with E-state index < -0.39 is 0 Å². The molecule has 156 valence electrons. The zero-order chi connectivity index (χ0) is 20.4. The van der Waals surface area contributed by atoms with Gasteiger partial charge < -0.3 is 4.90 Å². The Morgan fingerprint density at radius 1 is 1.07 bits per heavy atom. The van der Waals surface area contributed by atoms with Crippen molar-refractivity contribution in [1.82, 2.24) is 9.88 Å². The first-order valence-corrected chi connectivity index (χ1v) is 10.7. The van der Waals surface area contributed by atoms with Crippen LogP contribution in [0.15, 0.2) is 30.3 Å². The van der Waals surface area contributed by atoms with Crippen LogP contribution in [0.4, 0.5) is 5.13 Å². The van der Waals surface area contributed by atoms with Crippen LogP contribution >= 0.6 is 58.5 Å². The molecule has 0 aliphatic rings. The van der Waals surface area contributed by atoms with Crippen LogP contribution in [-0.4, -0.2) is 43.0 Å². The van der Waals surface area contributed by atoms with Crippen LogP contribution in [0, 0.1) is 6.92 Å². The van der Waals surface area contributed by atoms with E-state index in [4.69, 9.17) is 39.8 Å². The highest BCUT2D eigenvalue weighted by molar-refractivity contribution is 7.22. The summed E-state index contributed by atoms with van der Waals surface area (Å²) in [6.07, 6.45) is 0.798. The standard InChI is InChI=1S/C20H20Cl3N3OS.ClH/c1-12-9-14(22)11-17-18(12)24-20(28-17)26(8-4-7-25(2)3)19(27)15-10-13(21)5-6-16(15)23;/h5-6,9-11H,4,7-8H2,1-3H3;1H. The number of hydrogen-bond donors (Lipinski definition) is 0. The minimum atomic E-state index is -0.214. The summed E-state index contributed by atoms with van der Waals surface area (Å²) >= 11 is 20.0. The first-order chi connectivity index (χ1) is 13.3. The fourth-order valence-electron chi connectivity index (χ4n) is 2.89. The van der Waals surface area contributed by atoms with Crippen LogP contribution in [0.2, 0.25) is 15.1 Å². The number of aromatic nitrogens is 1. The second-order valence-electron chi connectivity index (χ2n) is 6.80. The smallest absolute Gasteiger partial charge is 0.261 e. The molecule has 4 nitrogen and oxygen atoms in total. The number of aryl methyl sites for hydroxylation is 1. The molecular weight excluding hydrogens is 472 g/mol. The lowest BCUT2D eigenvalue weighted by atomic mass is 10.2. The largest absolute Gasteiger partial charge is 0.309 e. The predicted molar refractivity (Wildman–Crippen MR) is 128 cm³/mol. The molecule has 0 fully saturated rings. The number of benzene rings is 2. The Bertz CT molecular complexity index is 1020. The predicted octanol–water partition coefficient (Wildman–Crippen LogP) is 6.59. The number of halogens is 4. The first-order valence-electron chi connectivity index (χ1n) is 8.74. The molecule has 0 radical (unpaired) electrons. The molecule has 1 aromatic heterocycles. The number of fused-ring (bicyclic) bond motifs is 1. The lowest BCUT2D eigenvalue weighted by Gasteiger charge is -2.21. The highest BCUT2D eigenvalue weighted by atomic mass is 35.5. The Labute approximate surface area is 195 Å². The summed E-state index contributed by atoms with van der Waals surface area (Å²) < 4.78 is 0.947. The number of carbonyl (C=O) groups excluding carboxylic acids is 1. The molecular formula is C20H21Cl4N3OS. The van der Waals surface area contributed by atoms with E-state index in [9.17, 15) is 4.79 Å². The van der Waals surface area contributed by atoms with E-state index in [0.717, 1.165) is 28.7 Å². The first kappa shape index (κ1) is 24.2. The van der Waals surface area contributed by atoms with E-state index in [0.29, 0.717) is 32.3 Å². The van der Waals surface area contributed by atoms with E-state index in [2.05, 4.69) is 4.90 Å². The molecule has 0 unspecified atom stereocenters. The van der Waals surface area contributed by atoms with Gasteiger partial charge in [0.05, 0.1) is 20.8 Å². The molecule has 0 N–H and O–H groups in total. The van der Waals surface area contributed by atoms with Crippen molar-refractivity contribution in [3.05, 3.63) is 56.5 Å². The van der Waals surface area contributed by atoms with Crippen LogP contribution < -0.4 is 4.90 Å². The lowest BCUT2D eigenvalue weighted by Crippen LogP contribution is -2.33. The number of hydrogen-bond acceptors (Lipinski definition) is 4. The summed E-state index contributed by atoms with van der Waals surface area (Å²) in [5, 5.41) is 2.11. The van der Waals surface area contributed by atoms with Gasteiger partial charge in [0.15, 0.2) is 5.13 Å². The number of amides is 1. The van der Waals surface area contributed by atoms with Gasteiger partial charge in [-0.25, -0.2) is 4.98 Å². The summed E-state index contributed by atoms with van der Waals surface area (Å²) in [6, 6.07) is 8.65. The lowest BCUT2D eigenvalue weighted by molar-refractivity contribution is 0.0986. The average molecular weight is 493 g/mol. The fraction of sp³-hybridized carbons (Fsp3) is 0.300. The Hall–Kier alpha value is -1.08. The number of thiazole rings is 1. The molecule has 1 amide bonds. The van der Waals surface area contributed by atoms with Crippen molar-refractivity contribution in [2.24, 2.45) is 0 Å². The van der Waals surface area contributed by atoms with Gasteiger partial charge in [-0.1, -0.05) is 46.1 Å². The van der Waals surface area contributed by atoms with Crippen molar-refractivity contribution >= 4 is 79.8 Å². The van der Waals surface area contributed by atoms with Crippen molar-refractivity contribution in [1.29, 1.82) is 0 Å². The minimum absolute atomic E-state index is 0. The third-order valence-corrected chi connectivity index (χ3v) is 6.07. The molecule has 3 aromatic rings. The van der Waals surface area contributed by atoms with Gasteiger partial charge in [-0.15, -0.1) is 12.4 Å². The number of rotatable bonds is 6. The van der Waals surface area contributed by atoms with Crippen LogP contribution in [0.25, 0.3) is 10.2 Å². The van der Waals surface area contributed by atoms with E-state index in [1.54, 1.807) is 23.1 Å². The van der Waals surface area contributed by atoms with Gasteiger partial charge in [-0.05, 0) is 69.9 Å². The third kappa shape index (κ3) is 5.75. The molecule has 3 rings (SSSR count). The molecule has 0 spiro atoms. The Morgan fingerprint density at radius 3 is 2.48 bits per heavy atom. The number of nitrogens with zero attached hydrogens (tertiary/aromatic N) is 3. The van der Waals surface area contributed by atoms with Gasteiger partial charge in [0, 0.05) is 16.6 Å². The van der Waals surface area contributed by atoms with Gasteiger partial charge in [0.1, 0.15) is 0 Å². The van der Waals surface area contributed by atoms with Crippen LogP contribution in [-0.2, 0) is 0 Å². The van der Waals surface area contributed by atoms with Crippen molar-refractivity contribution in [2.75, 3.05) is 32.1 Å². The average Bonchev–Trinajstić information content (AvgIpc) is 3.04. The van der Waals surface area contributed by atoms with Crippen molar-refractivity contribution in [3.63, 3.8) is 0 Å². The molecule has 9 heteroatoms. The topological polar surface area (TPSA) is 36.4 Å². The monoisotopic (exact) mass is 491 g/mol. The fourth-order valence-corrected chi connectivity index (χ4v) is 4.71. The zero-order valence-corrected chi connectivity index (χ0v) is 20.1. The van der Waals surface area contributed by atoms with Gasteiger partial charge in [-0.2, -0.15) is 0 Å². The maximum Gasteiger partial charge on any atom is 0.261 e. The van der Waals surface area contributed by atoms with Crippen LogP contribution in [0.1, 0.15) is 22.3 Å². The summed E-state index contributed by atoms with van der Waals surface area (Å²) in [5.41, 5.74) is 2.20. The molecule has 1 heterocycles. The van der Waals surface area contributed by atoms with Crippen LogP contribution in [0.5, 0.6) is 0 Å². The zero-order valence-electron chi connectivity index (χ0n) is 16.2. The molecule has 29 heavy (non-hydrogen) atoms. The molecule has 0 saturated carbocycles. The summed E-state index contributed by atoms with van der Waals surface area (Å²) in [5.74, 6) is -0.214. The minimum Gasteiger partial charge on any atom is -0.309 e. The normalized spacial score (nSPS) is 11.0. The van der Waals surface area contributed by atoms with Gasteiger partial charge in [0.25, 0.3) is 5.91 Å². The maximum absolute atomic E-state index is 13.3. The van der Waals surface area contributed by atoms with Crippen molar-refractivity contribution in [3.8, 4) is 0 Å². The molecule has 2 aromatic carbocycles. The van der Waals surface area contributed by atoms with E-state index >= 15 is 0 Å².